The van der Waals surface area contributed by atoms with Gasteiger partial charge in [0.25, 0.3) is 0 Å². The fraction of sp³-hybridized carbons (Fsp3) is 0.533. The summed E-state index contributed by atoms with van der Waals surface area (Å²) >= 11 is 0. The lowest BCUT2D eigenvalue weighted by atomic mass is 10.1. The highest BCUT2D eigenvalue weighted by Gasteiger charge is 2.32. The van der Waals surface area contributed by atoms with E-state index in [9.17, 15) is 9.18 Å². The average molecular weight is 249 g/mol. The number of carbonyl (C=O) groups excluding carboxylic acids is 1. The van der Waals surface area contributed by atoms with Crippen molar-refractivity contribution in [3.8, 4) is 0 Å². The zero-order valence-electron chi connectivity index (χ0n) is 11.0. The van der Waals surface area contributed by atoms with E-state index >= 15 is 0 Å². The van der Waals surface area contributed by atoms with Gasteiger partial charge in [-0.05, 0) is 49.8 Å². The van der Waals surface area contributed by atoms with Gasteiger partial charge in [0.15, 0.2) is 0 Å². The van der Waals surface area contributed by atoms with Crippen molar-refractivity contribution in [3.05, 3.63) is 35.6 Å². The molecule has 1 aromatic rings. The first-order valence-corrected chi connectivity index (χ1v) is 6.58. The molecular weight excluding hydrogens is 229 g/mol. The van der Waals surface area contributed by atoms with E-state index in [1.54, 1.807) is 12.1 Å². The Morgan fingerprint density at radius 2 is 2.00 bits per heavy atom. The molecule has 0 N–H and O–H groups in total. The minimum atomic E-state index is -0.232. The van der Waals surface area contributed by atoms with Gasteiger partial charge in [0.05, 0.1) is 0 Å². The van der Waals surface area contributed by atoms with Crippen LogP contribution in [0.5, 0.6) is 0 Å². The van der Waals surface area contributed by atoms with Crippen LogP contribution in [0, 0.1) is 11.7 Å². The Bertz CT molecular complexity index is 411. The van der Waals surface area contributed by atoms with Crippen LogP contribution in [-0.2, 0) is 11.2 Å². The standard InChI is InChI=1S/C15H20FNO/c1-11(13-6-7-13)17(2)15(18)10-5-12-3-8-14(16)9-4-12/h3-4,8-9,11,13H,5-7,10H2,1-2H3. The molecule has 2 nitrogen and oxygen atoms in total. The van der Waals surface area contributed by atoms with E-state index in [-0.39, 0.29) is 11.7 Å². The molecule has 1 aliphatic carbocycles. The summed E-state index contributed by atoms with van der Waals surface area (Å²) in [6.45, 7) is 2.12. The third-order valence-corrected chi connectivity index (χ3v) is 3.85. The van der Waals surface area contributed by atoms with Crippen molar-refractivity contribution in [2.45, 2.75) is 38.6 Å². The molecule has 1 amide bonds. The Hall–Kier alpha value is -1.38. The zero-order chi connectivity index (χ0) is 13.1. The lowest BCUT2D eigenvalue weighted by molar-refractivity contribution is -0.132. The summed E-state index contributed by atoms with van der Waals surface area (Å²) in [4.78, 5) is 13.9. The van der Waals surface area contributed by atoms with E-state index in [1.165, 1.54) is 25.0 Å². The largest absolute Gasteiger partial charge is 0.343 e. The molecule has 1 aromatic carbocycles. The molecule has 1 saturated carbocycles. The van der Waals surface area contributed by atoms with E-state index in [4.69, 9.17) is 0 Å². The van der Waals surface area contributed by atoms with Crippen molar-refractivity contribution < 1.29 is 9.18 Å². The number of hydrogen-bond acceptors (Lipinski definition) is 1. The van der Waals surface area contributed by atoms with E-state index < -0.39 is 0 Å². The Morgan fingerprint density at radius 3 is 2.56 bits per heavy atom. The van der Waals surface area contributed by atoms with Crippen LogP contribution >= 0.6 is 0 Å². The van der Waals surface area contributed by atoms with Crippen LogP contribution in [0.1, 0.15) is 31.7 Å². The molecule has 0 radical (unpaired) electrons. The van der Waals surface area contributed by atoms with Gasteiger partial charge in [0.1, 0.15) is 5.82 Å². The van der Waals surface area contributed by atoms with E-state index in [1.807, 2.05) is 11.9 Å². The smallest absolute Gasteiger partial charge is 0.222 e. The number of benzene rings is 1. The van der Waals surface area contributed by atoms with Crippen LogP contribution in [0.2, 0.25) is 0 Å². The topological polar surface area (TPSA) is 20.3 Å². The SMILES string of the molecule is CC(C1CC1)N(C)C(=O)CCc1ccc(F)cc1. The highest BCUT2D eigenvalue weighted by atomic mass is 19.1. The molecular formula is C15H20FNO. The summed E-state index contributed by atoms with van der Waals surface area (Å²) in [5.74, 6) is 0.646. The number of nitrogens with zero attached hydrogens (tertiary/aromatic N) is 1. The van der Waals surface area contributed by atoms with Gasteiger partial charge in [-0.15, -0.1) is 0 Å². The second-order valence-electron chi connectivity index (χ2n) is 5.21. The third kappa shape index (κ3) is 3.31. The summed E-state index contributed by atoms with van der Waals surface area (Å²) in [5, 5.41) is 0. The number of hydrogen-bond donors (Lipinski definition) is 0. The second kappa shape index (κ2) is 5.51. The fourth-order valence-electron chi connectivity index (χ4n) is 2.20. The van der Waals surface area contributed by atoms with Crippen LogP contribution in [0.3, 0.4) is 0 Å². The Labute approximate surface area is 108 Å². The van der Waals surface area contributed by atoms with E-state index in [0.717, 1.165) is 5.56 Å². The molecule has 0 saturated heterocycles. The van der Waals surface area contributed by atoms with Gasteiger partial charge in [-0.25, -0.2) is 4.39 Å². The summed E-state index contributed by atoms with van der Waals surface area (Å²) in [6.07, 6.45) is 3.67. The molecule has 1 fully saturated rings. The van der Waals surface area contributed by atoms with Crippen LogP contribution in [0.4, 0.5) is 4.39 Å². The maximum atomic E-state index is 12.7. The zero-order valence-corrected chi connectivity index (χ0v) is 11.0. The lowest BCUT2D eigenvalue weighted by Gasteiger charge is -2.24. The first kappa shape index (κ1) is 13.1. The molecule has 1 aliphatic rings. The van der Waals surface area contributed by atoms with E-state index in [0.29, 0.717) is 24.8 Å². The van der Waals surface area contributed by atoms with Crippen molar-refractivity contribution in [3.63, 3.8) is 0 Å². The number of carbonyl (C=O) groups is 1. The molecule has 98 valence electrons. The first-order valence-electron chi connectivity index (χ1n) is 6.58. The van der Waals surface area contributed by atoms with Gasteiger partial charge < -0.3 is 4.90 Å². The van der Waals surface area contributed by atoms with Gasteiger partial charge in [0.2, 0.25) is 5.91 Å². The van der Waals surface area contributed by atoms with Gasteiger partial charge >= 0.3 is 0 Å². The summed E-state index contributed by atoms with van der Waals surface area (Å²) in [5.41, 5.74) is 1.01. The van der Waals surface area contributed by atoms with Crippen molar-refractivity contribution in [1.82, 2.24) is 4.90 Å². The van der Waals surface area contributed by atoms with Gasteiger partial charge in [-0.3, -0.25) is 4.79 Å². The molecule has 0 bridgehead atoms. The van der Waals surface area contributed by atoms with Crippen molar-refractivity contribution in [2.75, 3.05) is 7.05 Å². The summed E-state index contributed by atoms with van der Waals surface area (Å²) < 4.78 is 12.7. The average Bonchev–Trinajstić information content (AvgIpc) is 3.20. The molecule has 0 spiro atoms. The van der Waals surface area contributed by atoms with Gasteiger partial charge in [0, 0.05) is 19.5 Å². The Balaban J connectivity index is 1.81. The summed E-state index contributed by atoms with van der Waals surface area (Å²) in [6, 6.07) is 6.72. The number of rotatable bonds is 5. The third-order valence-electron chi connectivity index (χ3n) is 3.85. The Kier molecular flexibility index (Phi) is 4.00. The quantitative estimate of drug-likeness (QED) is 0.785. The normalized spacial score (nSPS) is 16.4. The highest BCUT2D eigenvalue weighted by Crippen LogP contribution is 2.34. The van der Waals surface area contributed by atoms with E-state index in [2.05, 4.69) is 6.92 Å². The summed E-state index contributed by atoms with van der Waals surface area (Å²) in [7, 11) is 1.88. The molecule has 3 heteroatoms. The molecule has 2 rings (SSSR count). The fourth-order valence-corrected chi connectivity index (χ4v) is 2.20. The molecule has 18 heavy (non-hydrogen) atoms. The predicted octanol–water partition coefficient (Wildman–Crippen LogP) is 3.02. The van der Waals surface area contributed by atoms with Gasteiger partial charge in [-0.1, -0.05) is 12.1 Å². The molecule has 0 heterocycles. The monoisotopic (exact) mass is 249 g/mol. The Morgan fingerprint density at radius 1 is 1.39 bits per heavy atom. The highest BCUT2D eigenvalue weighted by molar-refractivity contribution is 5.76. The molecule has 1 unspecified atom stereocenters. The minimum absolute atomic E-state index is 0.179. The molecule has 0 aliphatic heterocycles. The van der Waals surface area contributed by atoms with Crippen molar-refractivity contribution in [1.29, 1.82) is 0 Å². The van der Waals surface area contributed by atoms with Crippen LogP contribution < -0.4 is 0 Å². The maximum Gasteiger partial charge on any atom is 0.222 e. The van der Waals surface area contributed by atoms with Crippen LogP contribution in [0.15, 0.2) is 24.3 Å². The number of halogens is 1. The van der Waals surface area contributed by atoms with Crippen LogP contribution in [0.25, 0.3) is 0 Å². The maximum absolute atomic E-state index is 12.7. The van der Waals surface area contributed by atoms with Crippen molar-refractivity contribution >= 4 is 5.91 Å². The second-order valence-corrected chi connectivity index (χ2v) is 5.21. The lowest BCUT2D eigenvalue weighted by Crippen LogP contribution is -2.36. The number of amides is 1. The van der Waals surface area contributed by atoms with Crippen molar-refractivity contribution in [2.24, 2.45) is 5.92 Å². The minimum Gasteiger partial charge on any atom is -0.343 e. The molecule has 1 atom stereocenters. The number of aryl methyl sites for hydroxylation is 1. The molecule has 0 aromatic heterocycles. The first-order chi connectivity index (χ1) is 8.58. The predicted molar refractivity (Wildman–Crippen MR) is 69.7 cm³/mol. The van der Waals surface area contributed by atoms with Gasteiger partial charge in [-0.2, -0.15) is 0 Å². The van der Waals surface area contributed by atoms with Crippen LogP contribution in [-0.4, -0.2) is 23.9 Å².